The zero-order valence-electron chi connectivity index (χ0n) is 17.1. The molecule has 138 valence electrons. The molecule has 0 amide bonds. The topological polar surface area (TPSA) is 0 Å². The number of hydrogen-bond acceptors (Lipinski definition) is 0. The zero-order chi connectivity index (χ0) is 19.0. The first-order chi connectivity index (χ1) is 13.1. The molecule has 2 aliphatic carbocycles. The minimum atomic E-state index is 0.649. The third-order valence-electron chi connectivity index (χ3n) is 6.53. The molecule has 2 atom stereocenters. The second kappa shape index (κ2) is 7.64. The summed E-state index contributed by atoms with van der Waals surface area (Å²) < 4.78 is 0. The Morgan fingerprint density at radius 2 is 1.15 bits per heavy atom. The van der Waals surface area contributed by atoms with Gasteiger partial charge in [0.25, 0.3) is 0 Å². The van der Waals surface area contributed by atoms with E-state index in [1.54, 1.807) is 22.3 Å². The lowest BCUT2D eigenvalue weighted by Gasteiger charge is -2.19. The normalized spacial score (nSPS) is 20.3. The van der Waals surface area contributed by atoms with E-state index in [2.05, 4.69) is 76.2 Å². The van der Waals surface area contributed by atoms with Crippen molar-refractivity contribution in [2.24, 2.45) is 0 Å². The van der Waals surface area contributed by atoms with Gasteiger partial charge in [0.1, 0.15) is 0 Å². The van der Waals surface area contributed by atoms with E-state index in [-0.39, 0.29) is 0 Å². The predicted octanol–water partition coefficient (Wildman–Crippen LogP) is 7.33. The third-order valence-corrected chi connectivity index (χ3v) is 7.93. The van der Waals surface area contributed by atoms with E-state index in [1.165, 1.54) is 47.2 Å². The summed E-state index contributed by atoms with van der Waals surface area (Å²) >= 11 is 0. The Balaban J connectivity index is 1.50. The van der Waals surface area contributed by atoms with Gasteiger partial charge < -0.3 is 0 Å². The van der Waals surface area contributed by atoms with Gasteiger partial charge in [0.2, 0.25) is 0 Å². The van der Waals surface area contributed by atoms with Crippen LogP contribution in [0.25, 0.3) is 12.2 Å². The highest BCUT2D eigenvalue weighted by atomic mass is 28.2. The van der Waals surface area contributed by atoms with Crippen LogP contribution in [0.1, 0.15) is 71.9 Å². The fourth-order valence-corrected chi connectivity index (χ4v) is 6.64. The summed E-state index contributed by atoms with van der Waals surface area (Å²) in [5.41, 5.74) is 12.3. The van der Waals surface area contributed by atoms with Gasteiger partial charge in [-0.05, 0) is 60.1 Å². The molecular formula is C26H30Si. The average molecular weight is 371 g/mol. The Bertz CT molecular complexity index is 840. The van der Waals surface area contributed by atoms with Crippen molar-refractivity contribution >= 4 is 21.7 Å². The van der Waals surface area contributed by atoms with E-state index in [0.29, 0.717) is 11.8 Å². The number of benzene rings is 2. The van der Waals surface area contributed by atoms with Crippen molar-refractivity contribution in [3.05, 3.63) is 80.9 Å². The van der Waals surface area contributed by atoms with E-state index >= 15 is 0 Å². The van der Waals surface area contributed by atoms with Crippen LogP contribution in [0.4, 0.5) is 0 Å². The molecule has 2 unspecified atom stereocenters. The van der Waals surface area contributed by atoms with Crippen molar-refractivity contribution in [3.63, 3.8) is 0 Å². The molecule has 0 spiro atoms. The number of fused-ring (bicyclic) bond motifs is 2. The number of rotatable bonds is 6. The number of aryl methyl sites for hydroxylation is 2. The van der Waals surface area contributed by atoms with Crippen LogP contribution in [-0.4, -0.2) is 9.52 Å². The van der Waals surface area contributed by atoms with Gasteiger partial charge in [-0.3, -0.25) is 0 Å². The molecule has 2 aromatic rings. The van der Waals surface area contributed by atoms with Gasteiger partial charge in [-0.1, -0.05) is 85.6 Å². The largest absolute Gasteiger partial charge is 0.0627 e. The van der Waals surface area contributed by atoms with Crippen LogP contribution in [0.15, 0.2) is 47.5 Å². The van der Waals surface area contributed by atoms with Crippen LogP contribution in [0.2, 0.25) is 12.1 Å². The van der Waals surface area contributed by atoms with Crippen LogP contribution >= 0.6 is 0 Å². The minimum Gasteiger partial charge on any atom is -0.0627 e. The molecule has 0 aromatic heterocycles. The standard InChI is InChI=1S/C26H30Si/c1-5-19-13-23-17(3)9-7-11-21(23)25(19)15-27-16-26-20(6-2)14-24-18(4)10-8-12-22(24)26/h7-14,25-26H,5-6,15-16H2,1-4H3. The second-order valence-corrected chi connectivity index (χ2v) is 9.38. The Kier molecular flexibility index (Phi) is 5.23. The summed E-state index contributed by atoms with van der Waals surface area (Å²) in [5.74, 6) is 1.30. The summed E-state index contributed by atoms with van der Waals surface area (Å²) in [6.45, 7) is 9.14. The van der Waals surface area contributed by atoms with Crippen LogP contribution in [-0.2, 0) is 0 Å². The molecule has 27 heavy (non-hydrogen) atoms. The van der Waals surface area contributed by atoms with Crippen molar-refractivity contribution in [2.45, 2.75) is 64.5 Å². The minimum absolute atomic E-state index is 0.649. The Hall–Kier alpha value is -1.86. The van der Waals surface area contributed by atoms with Gasteiger partial charge in [-0.2, -0.15) is 0 Å². The summed E-state index contributed by atoms with van der Waals surface area (Å²) in [6.07, 6.45) is 7.31. The van der Waals surface area contributed by atoms with E-state index in [0.717, 1.165) is 9.52 Å². The first-order valence-corrected chi connectivity index (χ1v) is 11.9. The molecule has 0 aliphatic heterocycles. The van der Waals surface area contributed by atoms with E-state index < -0.39 is 0 Å². The molecule has 4 rings (SSSR count). The van der Waals surface area contributed by atoms with Crippen molar-refractivity contribution < 1.29 is 0 Å². The van der Waals surface area contributed by atoms with Gasteiger partial charge in [0.05, 0.1) is 0 Å². The zero-order valence-corrected chi connectivity index (χ0v) is 18.1. The lowest BCUT2D eigenvalue weighted by Crippen LogP contribution is -2.08. The average Bonchev–Trinajstić information content (AvgIpc) is 3.22. The van der Waals surface area contributed by atoms with E-state index in [1.807, 2.05) is 0 Å². The molecule has 0 bridgehead atoms. The quantitative estimate of drug-likeness (QED) is 0.467. The molecule has 0 fully saturated rings. The maximum absolute atomic E-state index is 2.48. The SMILES string of the molecule is CCC1=Cc2c(C)cccc2C1C[Si]CC1C(CC)=Cc2c(C)cccc21. The molecule has 2 aliphatic rings. The summed E-state index contributed by atoms with van der Waals surface area (Å²) in [6, 6.07) is 16.3. The summed E-state index contributed by atoms with van der Waals surface area (Å²) in [5, 5.41) is 0. The van der Waals surface area contributed by atoms with Gasteiger partial charge in [-0.15, -0.1) is 0 Å². The second-order valence-electron chi connectivity index (χ2n) is 8.06. The maximum atomic E-state index is 2.48. The predicted molar refractivity (Wildman–Crippen MR) is 120 cm³/mol. The highest BCUT2D eigenvalue weighted by Gasteiger charge is 2.28. The molecule has 0 heterocycles. The van der Waals surface area contributed by atoms with Crippen molar-refractivity contribution in [1.82, 2.24) is 0 Å². The fraction of sp³-hybridized carbons (Fsp3) is 0.385. The molecule has 2 aromatic carbocycles. The van der Waals surface area contributed by atoms with E-state index in [4.69, 9.17) is 0 Å². The highest BCUT2D eigenvalue weighted by Crippen LogP contribution is 2.44. The van der Waals surface area contributed by atoms with Gasteiger partial charge >= 0.3 is 0 Å². The molecule has 0 N–H and O–H groups in total. The van der Waals surface area contributed by atoms with E-state index in [9.17, 15) is 0 Å². The monoisotopic (exact) mass is 370 g/mol. The molecule has 0 saturated carbocycles. The Labute approximate surface area is 167 Å². The first kappa shape index (κ1) is 18.5. The first-order valence-electron chi connectivity index (χ1n) is 10.4. The summed E-state index contributed by atoms with van der Waals surface area (Å²) in [7, 11) is 1.01. The fourth-order valence-electron chi connectivity index (χ4n) is 4.93. The van der Waals surface area contributed by atoms with Crippen LogP contribution in [0.5, 0.6) is 0 Å². The summed E-state index contributed by atoms with van der Waals surface area (Å²) in [4.78, 5) is 0. The molecule has 2 radical (unpaired) electrons. The van der Waals surface area contributed by atoms with Crippen molar-refractivity contribution in [1.29, 1.82) is 0 Å². The van der Waals surface area contributed by atoms with Crippen LogP contribution in [0.3, 0.4) is 0 Å². The van der Waals surface area contributed by atoms with Gasteiger partial charge in [0, 0.05) is 21.4 Å². The third kappa shape index (κ3) is 3.27. The lowest BCUT2D eigenvalue weighted by atomic mass is 9.95. The molecular weight excluding hydrogens is 340 g/mol. The van der Waals surface area contributed by atoms with Gasteiger partial charge in [-0.25, -0.2) is 0 Å². The molecule has 1 heteroatoms. The number of allylic oxidation sites excluding steroid dienone is 2. The number of hydrogen-bond donors (Lipinski definition) is 0. The maximum Gasteiger partial charge on any atom is 0.0397 e. The van der Waals surface area contributed by atoms with Crippen LogP contribution < -0.4 is 0 Å². The lowest BCUT2D eigenvalue weighted by molar-refractivity contribution is 0.829. The van der Waals surface area contributed by atoms with Crippen molar-refractivity contribution in [2.75, 3.05) is 0 Å². The van der Waals surface area contributed by atoms with Gasteiger partial charge in [0.15, 0.2) is 0 Å². The Morgan fingerprint density at radius 3 is 1.56 bits per heavy atom. The molecule has 0 nitrogen and oxygen atoms in total. The van der Waals surface area contributed by atoms with Crippen LogP contribution in [0, 0.1) is 13.8 Å². The Morgan fingerprint density at radius 1 is 0.704 bits per heavy atom. The smallest absolute Gasteiger partial charge is 0.0397 e. The highest BCUT2D eigenvalue weighted by molar-refractivity contribution is 6.36. The molecule has 0 saturated heterocycles. The van der Waals surface area contributed by atoms with Crippen molar-refractivity contribution in [3.8, 4) is 0 Å².